The van der Waals surface area contributed by atoms with Crippen molar-refractivity contribution in [2.24, 2.45) is 0 Å². The Labute approximate surface area is 116 Å². The molecule has 1 aliphatic heterocycles. The van der Waals surface area contributed by atoms with Gasteiger partial charge in [-0.2, -0.15) is 0 Å². The van der Waals surface area contributed by atoms with Crippen LogP contribution in [-0.2, 0) is 9.53 Å². The zero-order chi connectivity index (χ0) is 13.7. The number of hydrogen-bond donors (Lipinski definition) is 1. The quantitative estimate of drug-likeness (QED) is 0.828. The number of carbonyl (C=O) groups is 1. The summed E-state index contributed by atoms with van der Waals surface area (Å²) in [5.74, 6) is 0.160. The molecule has 1 unspecified atom stereocenters. The lowest BCUT2D eigenvalue weighted by molar-refractivity contribution is -0.128. The molecule has 19 heavy (non-hydrogen) atoms. The highest BCUT2D eigenvalue weighted by Gasteiger charge is 2.40. The molecule has 1 N–H and O–H groups in total. The molecule has 1 heterocycles. The number of hydrogen-bond acceptors (Lipinski definition) is 3. The fraction of sp³-hybridized carbons (Fsp3) is 0.933. The van der Waals surface area contributed by atoms with E-state index in [0.717, 1.165) is 19.5 Å². The van der Waals surface area contributed by atoms with Crippen molar-refractivity contribution in [3.63, 3.8) is 0 Å². The van der Waals surface area contributed by atoms with Gasteiger partial charge < -0.3 is 15.0 Å². The second kappa shape index (κ2) is 6.71. The van der Waals surface area contributed by atoms with Gasteiger partial charge in [-0.05, 0) is 32.6 Å². The van der Waals surface area contributed by atoms with Gasteiger partial charge in [0, 0.05) is 20.1 Å². The summed E-state index contributed by atoms with van der Waals surface area (Å²) >= 11 is 0. The fourth-order valence-corrected chi connectivity index (χ4v) is 3.25. The Balaban J connectivity index is 1.66. The minimum Gasteiger partial charge on any atom is -0.370 e. The van der Waals surface area contributed by atoms with Gasteiger partial charge in [0.1, 0.15) is 0 Å². The molecular formula is C15H28N2O2. The third-order valence-electron chi connectivity index (χ3n) is 4.65. The summed E-state index contributed by atoms with van der Waals surface area (Å²) in [6.07, 6.45) is 9.14. The zero-order valence-corrected chi connectivity index (χ0v) is 12.4. The van der Waals surface area contributed by atoms with Gasteiger partial charge in [-0.25, -0.2) is 0 Å². The van der Waals surface area contributed by atoms with E-state index in [1.807, 2.05) is 14.0 Å². The predicted molar refractivity (Wildman–Crippen MR) is 76.1 cm³/mol. The number of amides is 1. The van der Waals surface area contributed by atoms with Gasteiger partial charge in [0.05, 0.1) is 18.2 Å². The Hall–Kier alpha value is -0.610. The molecule has 0 aromatic heterocycles. The van der Waals surface area contributed by atoms with Gasteiger partial charge in [0.25, 0.3) is 0 Å². The normalized spacial score (nSPS) is 25.7. The molecule has 1 amide bonds. The molecule has 4 nitrogen and oxygen atoms in total. The van der Waals surface area contributed by atoms with Gasteiger partial charge in [-0.1, -0.05) is 19.3 Å². The lowest BCUT2D eigenvalue weighted by atomic mass is 9.83. The van der Waals surface area contributed by atoms with Crippen LogP contribution in [0.3, 0.4) is 0 Å². The van der Waals surface area contributed by atoms with E-state index in [4.69, 9.17) is 4.74 Å². The van der Waals surface area contributed by atoms with E-state index in [9.17, 15) is 4.79 Å². The van der Waals surface area contributed by atoms with Crippen molar-refractivity contribution >= 4 is 5.91 Å². The van der Waals surface area contributed by atoms with Crippen LogP contribution in [0.2, 0.25) is 0 Å². The van der Waals surface area contributed by atoms with E-state index >= 15 is 0 Å². The lowest BCUT2D eigenvalue weighted by Gasteiger charge is -2.33. The zero-order valence-electron chi connectivity index (χ0n) is 12.4. The first-order valence-electron chi connectivity index (χ1n) is 7.78. The van der Waals surface area contributed by atoms with Crippen LogP contribution in [0, 0.1) is 0 Å². The monoisotopic (exact) mass is 268 g/mol. The summed E-state index contributed by atoms with van der Waals surface area (Å²) in [4.78, 5) is 13.4. The number of likely N-dealkylation sites (N-methyl/N-ethyl adjacent to an activating group) is 1. The van der Waals surface area contributed by atoms with E-state index in [1.54, 1.807) is 4.90 Å². The van der Waals surface area contributed by atoms with E-state index in [0.29, 0.717) is 12.6 Å². The van der Waals surface area contributed by atoms with E-state index in [1.165, 1.54) is 38.5 Å². The highest BCUT2D eigenvalue weighted by atomic mass is 16.5. The molecule has 0 bridgehead atoms. The maximum atomic E-state index is 11.7. The van der Waals surface area contributed by atoms with Gasteiger partial charge >= 0.3 is 0 Å². The Morgan fingerprint density at radius 1 is 1.32 bits per heavy atom. The second-order valence-electron chi connectivity index (χ2n) is 6.06. The lowest BCUT2D eigenvalue weighted by Crippen LogP contribution is -2.39. The van der Waals surface area contributed by atoms with Crippen LogP contribution in [0.5, 0.6) is 0 Å². The molecule has 1 atom stereocenters. The molecular weight excluding hydrogens is 240 g/mol. The minimum atomic E-state index is 0.160. The summed E-state index contributed by atoms with van der Waals surface area (Å²) in [6.45, 7) is 4.00. The summed E-state index contributed by atoms with van der Waals surface area (Å²) in [5, 5.41) is 3.25. The van der Waals surface area contributed by atoms with Crippen molar-refractivity contribution in [1.29, 1.82) is 0 Å². The molecule has 0 radical (unpaired) electrons. The van der Waals surface area contributed by atoms with Crippen LogP contribution < -0.4 is 5.32 Å². The standard InChI is InChI=1S/C15H28N2O2/c1-3-17(2)14(18)12-16-11-13-7-10-15(19-13)8-5-4-6-9-15/h13,16H,3-12H2,1-2H3. The maximum Gasteiger partial charge on any atom is 0.236 e. The number of ether oxygens (including phenoxy) is 1. The van der Waals surface area contributed by atoms with Crippen LogP contribution in [0.1, 0.15) is 51.9 Å². The van der Waals surface area contributed by atoms with E-state index in [2.05, 4.69) is 5.32 Å². The Kier molecular flexibility index (Phi) is 5.22. The van der Waals surface area contributed by atoms with Crippen molar-refractivity contribution in [1.82, 2.24) is 10.2 Å². The fourth-order valence-electron chi connectivity index (χ4n) is 3.25. The minimum absolute atomic E-state index is 0.160. The van der Waals surface area contributed by atoms with Gasteiger partial charge in [-0.3, -0.25) is 4.79 Å². The molecule has 1 aliphatic carbocycles. The summed E-state index contributed by atoms with van der Waals surface area (Å²) in [6, 6.07) is 0. The van der Waals surface area contributed by atoms with Crippen molar-refractivity contribution in [2.75, 3.05) is 26.7 Å². The molecule has 2 aliphatic rings. The van der Waals surface area contributed by atoms with Crippen LogP contribution in [0.25, 0.3) is 0 Å². The van der Waals surface area contributed by atoms with Gasteiger partial charge in [0.2, 0.25) is 5.91 Å². The topological polar surface area (TPSA) is 41.6 Å². The summed E-state index contributed by atoms with van der Waals surface area (Å²) in [7, 11) is 1.84. The maximum absolute atomic E-state index is 11.7. The van der Waals surface area contributed by atoms with Gasteiger partial charge in [-0.15, -0.1) is 0 Å². The van der Waals surface area contributed by atoms with Gasteiger partial charge in [0.15, 0.2) is 0 Å². The average molecular weight is 268 g/mol. The van der Waals surface area contributed by atoms with E-state index in [-0.39, 0.29) is 11.5 Å². The van der Waals surface area contributed by atoms with Crippen molar-refractivity contribution in [3.05, 3.63) is 0 Å². The Morgan fingerprint density at radius 3 is 2.74 bits per heavy atom. The first kappa shape index (κ1) is 14.8. The molecule has 4 heteroatoms. The predicted octanol–water partition coefficient (Wildman–Crippen LogP) is 1.94. The first-order chi connectivity index (χ1) is 9.15. The Bertz CT molecular complexity index is 301. The first-order valence-corrected chi connectivity index (χ1v) is 7.78. The third-order valence-corrected chi connectivity index (χ3v) is 4.65. The molecule has 110 valence electrons. The van der Waals surface area contributed by atoms with Crippen LogP contribution in [0.15, 0.2) is 0 Å². The number of rotatable bonds is 5. The third kappa shape index (κ3) is 3.93. The molecule has 2 rings (SSSR count). The average Bonchev–Trinajstić information content (AvgIpc) is 2.81. The molecule has 0 aromatic carbocycles. The number of carbonyl (C=O) groups excluding carboxylic acids is 1. The van der Waals surface area contributed by atoms with Crippen LogP contribution in [-0.4, -0.2) is 49.2 Å². The van der Waals surface area contributed by atoms with Crippen LogP contribution in [0.4, 0.5) is 0 Å². The molecule has 1 spiro atoms. The van der Waals surface area contributed by atoms with E-state index < -0.39 is 0 Å². The highest BCUT2D eigenvalue weighted by molar-refractivity contribution is 5.77. The summed E-state index contributed by atoms with van der Waals surface area (Å²) in [5.41, 5.74) is 0.189. The smallest absolute Gasteiger partial charge is 0.236 e. The Morgan fingerprint density at radius 2 is 2.05 bits per heavy atom. The SMILES string of the molecule is CCN(C)C(=O)CNCC1CCC2(CCCCC2)O1. The molecule has 2 fully saturated rings. The van der Waals surface area contributed by atoms with Crippen molar-refractivity contribution in [3.8, 4) is 0 Å². The summed E-state index contributed by atoms with van der Waals surface area (Å²) < 4.78 is 6.27. The number of nitrogens with zero attached hydrogens (tertiary/aromatic N) is 1. The van der Waals surface area contributed by atoms with Crippen LogP contribution >= 0.6 is 0 Å². The molecule has 0 aromatic rings. The van der Waals surface area contributed by atoms with Crippen molar-refractivity contribution in [2.45, 2.75) is 63.6 Å². The largest absolute Gasteiger partial charge is 0.370 e. The molecule has 1 saturated heterocycles. The van der Waals surface area contributed by atoms with Crippen molar-refractivity contribution < 1.29 is 9.53 Å². The highest BCUT2D eigenvalue weighted by Crippen LogP contribution is 2.41. The molecule has 1 saturated carbocycles. The second-order valence-corrected chi connectivity index (χ2v) is 6.06. The number of nitrogens with one attached hydrogen (secondary N) is 1.